The Labute approximate surface area is 119 Å². The number of carbonyl (C=O) groups excluding carboxylic acids is 1. The highest BCUT2D eigenvalue weighted by Crippen LogP contribution is 2.22. The molecule has 0 aliphatic carbocycles. The standard InChI is InChI=1S/C16H19N3O/c1-16(2,3)12-6-4-11(5-7-12)15(20)19-13-8-9-14(17)18-10-13/h4-10H,1-3H3,(H2,17,18)(H,19,20). The number of nitrogens with two attached hydrogens (primary N) is 1. The van der Waals surface area contributed by atoms with Gasteiger partial charge in [0, 0.05) is 5.56 Å². The van der Waals surface area contributed by atoms with Gasteiger partial charge in [-0.25, -0.2) is 4.98 Å². The van der Waals surface area contributed by atoms with Gasteiger partial charge in [-0.3, -0.25) is 4.79 Å². The third-order valence-electron chi connectivity index (χ3n) is 3.06. The highest BCUT2D eigenvalue weighted by Gasteiger charge is 2.14. The number of benzene rings is 1. The Morgan fingerprint density at radius 1 is 1.10 bits per heavy atom. The number of anilines is 2. The van der Waals surface area contributed by atoms with Gasteiger partial charge in [-0.05, 0) is 35.2 Å². The zero-order valence-electron chi connectivity index (χ0n) is 12.0. The van der Waals surface area contributed by atoms with E-state index in [1.165, 1.54) is 11.8 Å². The Kier molecular flexibility index (Phi) is 3.74. The molecule has 4 heteroatoms. The van der Waals surface area contributed by atoms with Crippen LogP contribution in [-0.4, -0.2) is 10.9 Å². The minimum atomic E-state index is -0.156. The predicted molar refractivity (Wildman–Crippen MR) is 81.7 cm³/mol. The Hall–Kier alpha value is -2.36. The largest absolute Gasteiger partial charge is 0.384 e. The summed E-state index contributed by atoms with van der Waals surface area (Å²) in [5.41, 5.74) is 8.03. The molecule has 0 fully saturated rings. The van der Waals surface area contributed by atoms with E-state index in [-0.39, 0.29) is 11.3 Å². The molecule has 0 aliphatic rings. The fourth-order valence-corrected chi connectivity index (χ4v) is 1.80. The van der Waals surface area contributed by atoms with Gasteiger partial charge in [0.05, 0.1) is 11.9 Å². The molecule has 2 rings (SSSR count). The van der Waals surface area contributed by atoms with Crippen molar-refractivity contribution in [3.05, 3.63) is 53.7 Å². The van der Waals surface area contributed by atoms with Crippen LogP contribution in [0.5, 0.6) is 0 Å². The van der Waals surface area contributed by atoms with Crippen molar-refractivity contribution in [2.75, 3.05) is 11.1 Å². The highest BCUT2D eigenvalue weighted by molar-refractivity contribution is 6.04. The highest BCUT2D eigenvalue weighted by atomic mass is 16.1. The second-order valence-corrected chi connectivity index (χ2v) is 5.75. The quantitative estimate of drug-likeness (QED) is 0.879. The number of nitrogen functional groups attached to an aromatic ring is 1. The lowest BCUT2D eigenvalue weighted by atomic mass is 9.87. The molecule has 0 bridgehead atoms. The summed E-state index contributed by atoms with van der Waals surface area (Å²) in [6.45, 7) is 6.42. The van der Waals surface area contributed by atoms with E-state index in [1.54, 1.807) is 12.1 Å². The number of pyridine rings is 1. The third-order valence-corrected chi connectivity index (χ3v) is 3.06. The van der Waals surface area contributed by atoms with E-state index in [2.05, 4.69) is 31.1 Å². The van der Waals surface area contributed by atoms with Crippen LogP contribution < -0.4 is 11.1 Å². The molecule has 0 unspecified atom stereocenters. The van der Waals surface area contributed by atoms with Crippen molar-refractivity contribution in [2.45, 2.75) is 26.2 Å². The van der Waals surface area contributed by atoms with E-state index in [9.17, 15) is 4.79 Å². The molecule has 0 saturated carbocycles. The number of amides is 1. The Bertz CT molecular complexity index is 595. The Balaban J connectivity index is 2.11. The molecule has 0 saturated heterocycles. The van der Waals surface area contributed by atoms with Gasteiger partial charge >= 0.3 is 0 Å². The van der Waals surface area contributed by atoms with E-state index in [0.29, 0.717) is 17.1 Å². The van der Waals surface area contributed by atoms with Crippen molar-refractivity contribution in [3.63, 3.8) is 0 Å². The molecule has 1 amide bonds. The van der Waals surface area contributed by atoms with Gasteiger partial charge in [0.2, 0.25) is 0 Å². The van der Waals surface area contributed by atoms with Gasteiger partial charge in [-0.2, -0.15) is 0 Å². The molecule has 4 nitrogen and oxygen atoms in total. The summed E-state index contributed by atoms with van der Waals surface area (Å²) in [4.78, 5) is 16.0. The van der Waals surface area contributed by atoms with Crippen molar-refractivity contribution in [2.24, 2.45) is 0 Å². The number of hydrogen-bond acceptors (Lipinski definition) is 3. The third kappa shape index (κ3) is 3.35. The molecule has 0 spiro atoms. The molecule has 0 atom stereocenters. The number of rotatable bonds is 2. The molecular formula is C16H19N3O. The average molecular weight is 269 g/mol. The number of nitrogens with one attached hydrogen (secondary N) is 1. The van der Waals surface area contributed by atoms with Crippen LogP contribution in [0.25, 0.3) is 0 Å². The lowest BCUT2D eigenvalue weighted by molar-refractivity contribution is 0.102. The van der Waals surface area contributed by atoms with E-state index >= 15 is 0 Å². The minimum absolute atomic E-state index is 0.0792. The van der Waals surface area contributed by atoms with Crippen LogP contribution in [0, 0.1) is 0 Å². The monoisotopic (exact) mass is 269 g/mol. The Morgan fingerprint density at radius 3 is 2.25 bits per heavy atom. The number of aromatic nitrogens is 1. The van der Waals surface area contributed by atoms with E-state index < -0.39 is 0 Å². The summed E-state index contributed by atoms with van der Waals surface area (Å²) >= 11 is 0. The van der Waals surface area contributed by atoms with Crippen LogP contribution in [-0.2, 0) is 5.41 Å². The minimum Gasteiger partial charge on any atom is -0.384 e. The molecule has 2 aromatic rings. The first-order valence-corrected chi connectivity index (χ1v) is 6.50. The van der Waals surface area contributed by atoms with Gasteiger partial charge < -0.3 is 11.1 Å². The second-order valence-electron chi connectivity index (χ2n) is 5.75. The summed E-state index contributed by atoms with van der Waals surface area (Å²) in [5.74, 6) is 0.273. The molecule has 1 aromatic carbocycles. The molecule has 104 valence electrons. The van der Waals surface area contributed by atoms with Crippen molar-refractivity contribution < 1.29 is 4.79 Å². The smallest absolute Gasteiger partial charge is 0.255 e. The molecule has 20 heavy (non-hydrogen) atoms. The van der Waals surface area contributed by atoms with Crippen LogP contribution in [0.15, 0.2) is 42.6 Å². The molecule has 1 heterocycles. The first-order chi connectivity index (χ1) is 9.36. The van der Waals surface area contributed by atoms with Crippen LogP contribution in [0.3, 0.4) is 0 Å². The predicted octanol–water partition coefficient (Wildman–Crippen LogP) is 3.21. The molecule has 1 aromatic heterocycles. The van der Waals surface area contributed by atoms with Gasteiger partial charge in [0.25, 0.3) is 5.91 Å². The van der Waals surface area contributed by atoms with Crippen LogP contribution in [0.1, 0.15) is 36.7 Å². The fraction of sp³-hybridized carbons (Fsp3) is 0.250. The zero-order valence-corrected chi connectivity index (χ0v) is 12.0. The maximum absolute atomic E-state index is 12.1. The Morgan fingerprint density at radius 2 is 1.75 bits per heavy atom. The lowest BCUT2D eigenvalue weighted by Gasteiger charge is -2.19. The van der Waals surface area contributed by atoms with Crippen molar-refractivity contribution in [1.82, 2.24) is 4.98 Å². The van der Waals surface area contributed by atoms with E-state index in [0.717, 1.165) is 0 Å². The number of nitrogens with zero attached hydrogens (tertiary/aromatic N) is 1. The first kappa shape index (κ1) is 14.1. The maximum Gasteiger partial charge on any atom is 0.255 e. The van der Waals surface area contributed by atoms with Gasteiger partial charge in [0.1, 0.15) is 5.82 Å². The van der Waals surface area contributed by atoms with Gasteiger partial charge in [0.15, 0.2) is 0 Å². The summed E-state index contributed by atoms with van der Waals surface area (Å²) in [5, 5.41) is 2.79. The topological polar surface area (TPSA) is 68.0 Å². The molecular weight excluding hydrogens is 250 g/mol. The second kappa shape index (κ2) is 5.33. The van der Waals surface area contributed by atoms with Crippen molar-refractivity contribution in [3.8, 4) is 0 Å². The van der Waals surface area contributed by atoms with Crippen LogP contribution >= 0.6 is 0 Å². The lowest BCUT2D eigenvalue weighted by Crippen LogP contribution is -2.14. The van der Waals surface area contributed by atoms with Gasteiger partial charge in [-0.1, -0.05) is 32.9 Å². The van der Waals surface area contributed by atoms with Crippen molar-refractivity contribution >= 4 is 17.4 Å². The molecule has 0 aliphatic heterocycles. The van der Waals surface area contributed by atoms with Crippen LogP contribution in [0.2, 0.25) is 0 Å². The summed E-state index contributed by atoms with van der Waals surface area (Å²) < 4.78 is 0. The first-order valence-electron chi connectivity index (χ1n) is 6.50. The van der Waals surface area contributed by atoms with Gasteiger partial charge in [-0.15, -0.1) is 0 Å². The van der Waals surface area contributed by atoms with E-state index in [4.69, 9.17) is 5.73 Å². The van der Waals surface area contributed by atoms with Crippen molar-refractivity contribution in [1.29, 1.82) is 0 Å². The molecule has 0 radical (unpaired) electrons. The summed E-state index contributed by atoms with van der Waals surface area (Å²) in [7, 11) is 0. The fourth-order valence-electron chi connectivity index (χ4n) is 1.80. The molecule has 3 N–H and O–H groups in total. The van der Waals surface area contributed by atoms with E-state index in [1.807, 2.05) is 24.3 Å². The van der Waals surface area contributed by atoms with Crippen LogP contribution in [0.4, 0.5) is 11.5 Å². The number of carbonyl (C=O) groups is 1. The zero-order chi connectivity index (χ0) is 14.8. The summed E-state index contributed by atoms with van der Waals surface area (Å²) in [6, 6.07) is 11.0. The summed E-state index contributed by atoms with van der Waals surface area (Å²) in [6.07, 6.45) is 1.54. The average Bonchev–Trinajstić information content (AvgIpc) is 2.40. The SMILES string of the molecule is CC(C)(C)c1ccc(C(=O)Nc2ccc(N)nc2)cc1. The maximum atomic E-state index is 12.1. The normalized spacial score (nSPS) is 11.2. The number of hydrogen-bond donors (Lipinski definition) is 2.